The van der Waals surface area contributed by atoms with Gasteiger partial charge in [0.1, 0.15) is 23.2 Å². The summed E-state index contributed by atoms with van der Waals surface area (Å²) in [6, 6.07) is 6.24. The van der Waals surface area contributed by atoms with Crippen molar-refractivity contribution < 1.29 is 40.6 Å². The molecule has 1 aliphatic heterocycles. The number of rotatable bonds is 12. The van der Waals surface area contributed by atoms with Gasteiger partial charge in [0.15, 0.2) is 6.29 Å². The summed E-state index contributed by atoms with van der Waals surface area (Å²) < 4.78 is 103. The van der Waals surface area contributed by atoms with Crippen LogP contribution in [0.5, 0.6) is 5.75 Å². The fourth-order valence-corrected chi connectivity index (χ4v) is 7.59. The fourth-order valence-electron chi connectivity index (χ4n) is 7.59. The van der Waals surface area contributed by atoms with Crippen LogP contribution in [-0.4, -0.2) is 26.0 Å². The monoisotopic (exact) mass is 640 g/mol. The van der Waals surface area contributed by atoms with Gasteiger partial charge in [-0.05, 0) is 67.9 Å². The van der Waals surface area contributed by atoms with Crippen LogP contribution in [0.2, 0.25) is 0 Å². The zero-order valence-corrected chi connectivity index (χ0v) is 26.2. The minimum absolute atomic E-state index is 0.0562. The van der Waals surface area contributed by atoms with E-state index < -0.39 is 60.2 Å². The van der Waals surface area contributed by atoms with E-state index in [0.717, 1.165) is 5.92 Å². The van der Waals surface area contributed by atoms with Gasteiger partial charge in [-0.2, -0.15) is 8.78 Å². The second-order valence-electron chi connectivity index (χ2n) is 13.3. The molecule has 0 bridgehead atoms. The highest BCUT2D eigenvalue weighted by Crippen LogP contribution is 2.45. The average Bonchev–Trinajstić information content (AvgIpc) is 3.03. The molecular weight excluding hydrogens is 594 g/mol. The highest BCUT2D eigenvalue weighted by Gasteiger charge is 2.44. The Morgan fingerprint density at radius 2 is 1.47 bits per heavy atom. The fraction of sp³-hybridized carbons (Fsp3) is 0.667. The van der Waals surface area contributed by atoms with Gasteiger partial charge in [-0.15, -0.1) is 0 Å². The van der Waals surface area contributed by atoms with Gasteiger partial charge in [0.05, 0.1) is 25.8 Å². The molecule has 2 aromatic carbocycles. The minimum atomic E-state index is -3.67. The lowest BCUT2D eigenvalue weighted by atomic mass is 9.74. The van der Waals surface area contributed by atoms with Crippen LogP contribution < -0.4 is 4.74 Å². The predicted octanol–water partition coefficient (Wildman–Crippen LogP) is 10.6. The normalized spacial score (nSPS) is 27.8. The number of halogens is 6. The zero-order chi connectivity index (χ0) is 32.0. The van der Waals surface area contributed by atoms with Gasteiger partial charge < -0.3 is 14.2 Å². The summed E-state index contributed by atoms with van der Waals surface area (Å²) in [5.41, 5.74) is 0.580. The molecule has 1 heterocycles. The molecule has 45 heavy (non-hydrogen) atoms. The first-order chi connectivity index (χ1) is 21.7. The lowest BCUT2D eigenvalue weighted by Gasteiger charge is -2.38. The molecule has 0 unspecified atom stereocenters. The quantitative estimate of drug-likeness (QED) is 0.171. The van der Waals surface area contributed by atoms with Crippen molar-refractivity contribution >= 4 is 0 Å². The van der Waals surface area contributed by atoms with Crippen molar-refractivity contribution in [2.45, 2.75) is 109 Å². The lowest BCUT2D eigenvalue weighted by Crippen LogP contribution is -2.37. The number of hydrogen-bond donors (Lipinski definition) is 0. The molecule has 2 saturated carbocycles. The molecule has 3 nitrogen and oxygen atoms in total. The van der Waals surface area contributed by atoms with Gasteiger partial charge in [0.2, 0.25) is 0 Å². The number of unbranched alkanes of at least 4 members (excludes halogenated alkanes) is 2. The van der Waals surface area contributed by atoms with Gasteiger partial charge in [-0.1, -0.05) is 57.6 Å². The highest BCUT2D eigenvalue weighted by atomic mass is 19.3. The van der Waals surface area contributed by atoms with Crippen LogP contribution in [-0.2, 0) is 15.9 Å². The Bertz CT molecular complexity index is 1210. The molecule has 0 radical (unpaired) electrons. The van der Waals surface area contributed by atoms with Gasteiger partial charge in [0, 0.05) is 35.6 Å². The van der Waals surface area contributed by atoms with Gasteiger partial charge in [0.25, 0.3) is 0 Å². The molecule has 3 fully saturated rings. The van der Waals surface area contributed by atoms with E-state index in [-0.39, 0.29) is 18.8 Å². The Labute approximate surface area is 263 Å². The molecular formula is C36H46F6O3. The van der Waals surface area contributed by atoms with Gasteiger partial charge >= 0.3 is 6.11 Å². The summed E-state index contributed by atoms with van der Waals surface area (Å²) in [6.45, 7) is 2.46. The van der Waals surface area contributed by atoms with Crippen molar-refractivity contribution in [2.24, 2.45) is 23.7 Å². The first kappa shape index (κ1) is 34.1. The summed E-state index contributed by atoms with van der Waals surface area (Å²) >= 11 is 0. The van der Waals surface area contributed by atoms with Crippen LogP contribution in [0.4, 0.5) is 26.3 Å². The van der Waals surface area contributed by atoms with Crippen molar-refractivity contribution in [3.63, 3.8) is 0 Å². The van der Waals surface area contributed by atoms with Gasteiger partial charge in [-0.25, -0.2) is 13.2 Å². The Hall–Kier alpha value is -2.26. The molecule has 0 aromatic heterocycles. The summed E-state index contributed by atoms with van der Waals surface area (Å²) in [6.07, 6.45) is 6.21. The Balaban J connectivity index is 1.09. The van der Waals surface area contributed by atoms with Crippen LogP contribution in [0.1, 0.15) is 113 Å². The van der Waals surface area contributed by atoms with Crippen LogP contribution in [0.3, 0.4) is 0 Å². The third-order valence-corrected chi connectivity index (χ3v) is 10.3. The van der Waals surface area contributed by atoms with E-state index in [0.29, 0.717) is 61.2 Å². The van der Waals surface area contributed by atoms with Crippen molar-refractivity contribution in [1.82, 2.24) is 0 Å². The molecule has 0 atom stereocenters. The summed E-state index contributed by atoms with van der Waals surface area (Å²) in [4.78, 5) is 0. The number of benzene rings is 2. The van der Waals surface area contributed by atoms with E-state index in [9.17, 15) is 22.0 Å². The predicted molar refractivity (Wildman–Crippen MR) is 160 cm³/mol. The summed E-state index contributed by atoms with van der Waals surface area (Å²) in [5.74, 6) is -2.92. The van der Waals surface area contributed by atoms with E-state index >= 15 is 4.39 Å². The molecule has 0 spiro atoms. The summed E-state index contributed by atoms with van der Waals surface area (Å²) in [5, 5.41) is 0. The van der Waals surface area contributed by atoms with Gasteiger partial charge in [-0.3, -0.25) is 4.39 Å². The maximum atomic E-state index is 15.3. The third kappa shape index (κ3) is 8.56. The second-order valence-corrected chi connectivity index (χ2v) is 13.3. The standard InChI is InChI=1S/C36H46F6O3/c1-2-3-4-5-23-6-8-24(9-7-23)27-21-43-35(44-22-27)26-12-15-30(32(38)18-26)25-10-13-28(14-11-25)36(41,42)45-29-19-33(39)31(16-17-37)34(40)20-29/h12,15,18-20,23-25,27-28,35H,2-11,13-14,16-17,21-22H2,1H3. The zero-order valence-electron chi connectivity index (χ0n) is 26.2. The van der Waals surface area contributed by atoms with Crippen LogP contribution >= 0.6 is 0 Å². The van der Waals surface area contributed by atoms with E-state index in [4.69, 9.17) is 14.2 Å². The Morgan fingerprint density at radius 1 is 0.800 bits per heavy atom. The second kappa shape index (κ2) is 15.6. The van der Waals surface area contributed by atoms with Crippen molar-refractivity contribution in [1.29, 1.82) is 0 Å². The molecule has 3 aliphatic rings. The topological polar surface area (TPSA) is 27.7 Å². The Morgan fingerprint density at radius 3 is 2.07 bits per heavy atom. The van der Waals surface area contributed by atoms with E-state index in [1.807, 2.05) is 0 Å². The molecule has 250 valence electrons. The van der Waals surface area contributed by atoms with Crippen LogP contribution in [0.15, 0.2) is 30.3 Å². The molecule has 2 aliphatic carbocycles. The maximum Gasteiger partial charge on any atom is 0.400 e. The molecule has 1 saturated heterocycles. The van der Waals surface area contributed by atoms with E-state index in [1.54, 1.807) is 12.1 Å². The molecule has 0 N–H and O–H groups in total. The lowest BCUT2D eigenvalue weighted by molar-refractivity contribution is -0.222. The number of ether oxygens (including phenoxy) is 3. The van der Waals surface area contributed by atoms with Crippen molar-refractivity contribution in [2.75, 3.05) is 19.9 Å². The Kier molecular flexibility index (Phi) is 11.8. The summed E-state index contributed by atoms with van der Waals surface area (Å²) in [7, 11) is 0. The van der Waals surface area contributed by atoms with Crippen LogP contribution in [0.25, 0.3) is 0 Å². The smallest absolute Gasteiger partial charge is 0.400 e. The average molecular weight is 641 g/mol. The molecule has 9 heteroatoms. The molecule has 5 rings (SSSR count). The molecule has 0 amide bonds. The van der Waals surface area contributed by atoms with Crippen LogP contribution in [0, 0.1) is 41.1 Å². The van der Waals surface area contributed by atoms with Crippen molar-refractivity contribution in [3.8, 4) is 5.75 Å². The minimum Gasteiger partial charge on any atom is -0.432 e. The SMILES string of the molecule is CCCCCC1CCC(C2COC(c3ccc(C4CCC(C(F)(F)Oc5cc(F)c(CCF)c(F)c5)CC4)c(F)c3)OC2)CC1. The first-order valence-electron chi connectivity index (χ1n) is 16.8. The largest absolute Gasteiger partial charge is 0.432 e. The van der Waals surface area contributed by atoms with E-state index in [2.05, 4.69) is 6.92 Å². The number of alkyl halides is 3. The van der Waals surface area contributed by atoms with Crippen molar-refractivity contribution in [3.05, 3.63) is 64.5 Å². The number of hydrogen-bond acceptors (Lipinski definition) is 3. The highest BCUT2D eigenvalue weighted by molar-refractivity contribution is 5.31. The first-order valence-corrected chi connectivity index (χ1v) is 16.8. The maximum absolute atomic E-state index is 15.3. The van der Waals surface area contributed by atoms with E-state index in [1.165, 1.54) is 57.4 Å². The third-order valence-electron chi connectivity index (χ3n) is 10.3. The molecule has 2 aromatic rings.